The summed E-state index contributed by atoms with van der Waals surface area (Å²) in [6, 6.07) is 2.07. The molecule has 0 aromatic heterocycles. The van der Waals surface area contributed by atoms with E-state index in [1.165, 1.54) is 13.0 Å². The molecule has 0 saturated carbocycles. The molecule has 1 atom stereocenters. The van der Waals surface area contributed by atoms with Crippen LogP contribution in [0.15, 0.2) is 23.1 Å². The molecule has 1 aromatic rings. The summed E-state index contributed by atoms with van der Waals surface area (Å²) in [5, 5.41) is 0. The number of ether oxygens (including phenoxy) is 1. The van der Waals surface area contributed by atoms with Gasteiger partial charge in [0, 0.05) is 5.69 Å². The zero-order chi connectivity index (χ0) is 14.6. The van der Waals surface area contributed by atoms with E-state index >= 15 is 0 Å². The summed E-state index contributed by atoms with van der Waals surface area (Å²) in [4.78, 5) is 10.8. The van der Waals surface area contributed by atoms with Gasteiger partial charge in [0.15, 0.2) is 0 Å². The molecule has 3 N–H and O–H groups in total. The van der Waals surface area contributed by atoms with E-state index in [0.29, 0.717) is 0 Å². The lowest BCUT2D eigenvalue weighted by Crippen LogP contribution is -2.39. The fourth-order valence-corrected chi connectivity index (χ4v) is 2.60. The van der Waals surface area contributed by atoms with Crippen molar-refractivity contribution in [2.24, 2.45) is 0 Å². The highest BCUT2D eigenvalue weighted by Gasteiger charge is 2.25. The monoisotopic (exact) mass is 290 g/mol. The highest BCUT2D eigenvalue weighted by molar-refractivity contribution is 7.89. The molecule has 6 nitrogen and oxygen atoms in total. The van der Waals surface area contributed by atoms with E-state index in [9.17, 15) is 17.6 Å². The van der Waals surface area contributed by atoms with E-state index in [0.717, 1.165) is 12.1 Å². The fraction of sp³-hybridized carbons (Fsp3) is 0.364. The maximum atomic E-state index is 13.5. The quantitative estimate of drug-likeness (QED) is 0.612. The number of anilines is 1. The highest BCUT2D eigenvalue weighted by Crippen LogP contribution is 2.17. The molecule has 106 valence electrons. The molecule has 0 aliphatic carbocycles. The van der Waals surface area contributed by atoms with E-state index in [-0.39, 0.29) is 12.3 Å². The van der Waals surface area contributed by atoms with Gasteiger partial charge in [-0.1, -0.05) is 0 Å². The molecule has 0 spiro atoms. The number of nitrogens with one attached hydrogen (secondary N) is 1. The SMILES string of the molecule is CCOC(=O)C(C)NS(=O)(=O)c1ccc(N)cc1F. The van der Waals surface area contributed by atoms with Crippen LogP contribution in [0.3, 0.4) is 0 Å². The summed E-state index contributed by atoms with van der Waals surface area (Å²) < 4.78 is 44.0. The summed E-state index contributed by atoms with van der Waals surface area (Å²) in [5.41, 5.74) is 5.44. The number of nitrogen functional groups attached to an aromatic ring is 1. The van der Waals surface area contributed by atoms with E-state index < -0.39 is 32.7 Å². The van der Waals surface area contributed by atoms with Crippen LogP contribution in [0.4, 0.5) is 10.1 Å². The van der Waals surface area contributed by atoms with Gasteiger partial charge in [0.05, 0.1) is 6.61 Å². The normalized spacial score (nSPS) is 13.0. The van der Waals surface area contributed by atoms with Crippen LogP contribution in [-0.2, 0) is 19.6 Å². The molecule has 1 aromatic carbocycles. The van der Waals surface area contributed by atoms with Gasteiger partial charge in [-0.15, -0.1) is 0 Å². The van der Waals surface area contributed by atoms with Crippen molar-refractivity contribution in [2.75, 3.05) is 12.3 Å². The zero-order valence-electron chi connectivity index (χ0n) is 10.5. The number of carbonyl (C=O) groups excluding carboxylic acids is 1. The van der Waals surface area contributed by atoms with Gasteiger partial charge >= 0.3 is 5.97 Å². The lowest BCUT2D eigenvalue weighted by molar-refractivity contribution is -0.144. The molecular formula is C11H15FN2O4S. The molecule has 0 heterocycles. The molecule has 0 fully saturated rings. The minimum absolute atomic E-state index is 0.106. The number of carbonyl (C=O) groups is 1. The maximum Gasteiger partial charge on any atom is 0.323 e. The minimum Gasteiger partial charge on any atom is -0.465 e. The predicted octanol–water partition coefficient (Wildman–Crippen LogP) is 0.638. The Morgan fingerprint density at radius 3 is 2.68 bits per heavy atom. The van der Waals surface area contributed by atoms with Gasteiger partial charge in [-0.3, -0.25) is 4.79 Å². The molecule has 0 saturated heterocycles. The van der Waals surface area contributed by atoms with Crippen molar-refractivity contribution in [1.82, 2.24) is 4.72 Å². The van der Waals surface area contributed by atoms with Crippen LogP contribution in [0, 0.1) is 5.82 Å². The number of nitrogens with two attached hydrogens (primary N) is 1. The van der Waals surface area contributed by atoms with Crippen LogP contribution < -0.4 is 10.5 Å². The van der Waals surface area contributed by atoms with Gasteiger partial charge in [0.1, 0.15) is 16.8 Å². The molecule has 0 aliphatic rings. The first-order chi connectivity index (χ1) is 8.77. The Labute approximate surface area is 110 Å². The van der Waals surface area contributed by atoms with Gasteiger partial charge in [-0.25, -0.2) is 12.8 Å². The van der Waals surface area contributed by atoms with E-state index in [2.05, 4.69) is 4.74 Å². The molecule has 0 radical (unpaired) electrons. The van der Waals surface area contributed by atoms with Crippen molar-refractivity contribution in [1.29, 1.82) is 0 Å². The molecule has 8 heteroatoms. The van der Waals surface area contributed by atoms with Crippen LogP contribution in [0.25, 0.3) is 0 Å². The second-order valence-electron chi connectivity index (χ2n) is 3.78. The average molecular weight is 290 g/mol. The van der Waals surface area contributed by atoms with Crippen LogP contribution in [0.2, 0.25) is 0 Å². The Bertz CT molecular complexity index is 574. The molecule has 0 bridgehead atoms. The molecule has 1 rings (SSSR count). The third-order valence-electron chi connectivity index (χ3n) is 2.22. The van der Waals surface area contributed by atoms with Crippen molar-refractivity contribution >= 4 is 21.7 Å². The molecule has 0 aliphatic heterocycles. The zero-order valence-corrected chi connectivity index (χ0v) is 11.3. The highest BCUT2D eigenvalue weighted by atomic mass is 32.2. The Kier molecular flexibility index (Phi) is 4.84. The van der Waals surface area contributed by atoms with Crippen LogP contribution >= 0.6 is 0 Å². The number of benzene rings is 1. The predicted molar refractivity (Wildman–Crippen MR) is 67.2 cm³/mol. The summed E-state index contributed by atoms with van der Waals surface area (Å²) in [7, 11) is -4.15. The fourth-order valence-electron chi connectivity index (χ4n) is 1.35. The second kappa shape index (κ2) is 5.98. The lowest BCUT2D eigenvalue weighted by Gasteiger charge is -2.13. The van der Waals surface area contributed by atoms with Gasteiger partial charge in [0.25, 0.3) is 0 Å². The van der Waals surface area contributed by atoms with Crippen molar-refractivity contribution in [3.8, 4) is 0 Å². The minimum atomic E-state index is -4.15. The van der Waals surface area contributed by atoms with Gasteiger partial charge < -0.3 is 10.5 Å². The third kappa shape index (κ3) is 3.90. The van der Waals surface area contributed by atoms with Crippen LogP contribution in [0.5, 0.6) is 0 Å². The number of rotatable bonds is 5. The number of esters is 1. The largest absolute Gasteiger partial charge is 0.465 e. The van der Waals surface area contributed by atoms with Crippen LogP contribution in [0.1, 0.15) is 13.8 Å². The summed E-state index contributed by atoms with van der Waals surface area (Å²) >= 11 is 0. The Morgan fingerprint density at radius 1 is 1.53 bits per heavy atom. The maximum absolute atomic E-state index is 13.5. The number of sulfonamides is 1. The molecule has 0 amide bonds. The van der Waals surface area contributed by atoms with E-state index in [1.807, 2.05) is 4.72 Å². The smallest absolute Gasteiger partial charge is 0.323 e. The summed E-state index contributed by atoms with van der Waals surface area (Å²) in [6.07, 6.45) is 0. The van der Waals surface area contributed by atoms with Crippen molar-refractivity contribution in [3.63, 3.8) is 0 Å². The first-order valence-electron chi connectivity index (χ1n) is 5.52. The van der Waals surface area contributed by atoms with E-state index in [1.54, 1.807) is 6.92 Å². The van der Waals surface area contributed by atoms with Crippen molar-refractivity contribution in [3.05, 3.63) is 24.0 Å². The molecule has 1 unspecified atom stereocenters. The lowest BCUT2D eigenvalue weighted by atomic mass is 10.3. The van der Waals surface area contributed by atoms with Crippen molar-refractivity contribution in [2.45, 2.75) is 24.8 Å². The van der Waals surface area contributed by atoms with E-state index in [4.69, 9.17) is 5.73 Å². The first-order valence-corrected chi connectivity index (χ1v) is 7.00. The molecular weight excluding hydrogens is 275 g/mol. The van der Waals surface area contributed by atoms with Gasteiger partial charge in [0.2, 0.25) is 10.0 Å². The van der Waals surface area contributed by atoms with Gasteiger partial charge in [-0.2, -0.15) is 4.72 Å². The number of halogens is 1. The standard InChI is InChI=1S/C11H15FN2O4S/c1-3-18-11(15)7(2)14-19(16,17)10-5-4-8(13)6-9(10)12/h4-7,14H,3,13H2,1-2H3. The van der Waals surface area contributed by atoms with Crippen molar-refractivity contribution < 1.29 is 22.3 Å². The topological polar surface area (TPSA) is 98.5 Å². The first kappa shape index (κ1) is 15.4. The Morgan fingerprint density at radius 2 is 2.16 bits per heavy atom. The number of hydrogen-bond donors (Lipinski definition) is 2. The van der Waals surface area contributed by atoms with Gasteiger partial charge in [-0.05, 0) is 32.0 Å². The number of hydrogen-bond acceptors (Lipinski definition) is 5. The second-order valence-corrected chi connectivity index (χ2v) is 5.47. The summed E-state index contributed by atoms with van der Waals surface area (Å²) in [5.74, 6) is -1.72. The third-order valence-corrected chi connectivity index (χ3v) is 3.79. The Hall–Kier alpha value is -1.67. The molecule has 19 heavy (non-hydrogen) atoms. The summed E-state index contributed by atoms with van der Waals surface area (Å²) in [6.45, 7) is 3.03. The Balaban J connectivity index is 2.95. The van der Waals surface area contributed by atoms with Crippen LogP contribution in [-0.4, -0.2) is 27.0 Å². The average Bonchev–Trinajstić information content (AvgIpc) is 2.27.